The van der Waals surface area contributed by atoms with Gasteiger partial charge in [0, 0.05) is 23.6 Å². The molecule has 3 aromatic rings. The van der Waals surface area contributed by atoms with Gasteiger partial charge in [0.2, 0.25) is 0 Å². The van der Waals surface area contributed by atoms with E-state index in [2.05, 4.69) is 49.4 Å². The molecule has 0 unspecified atom stereocenters. The van der Waals surface area contributed by atoms with E-state index in [-0.39, 0.29) is 35.8 Å². The first kappa shape index (κ1) is 29.5. The van der Waals surface area contributed by atoms with Crippen LogP contribution in [-0.4, -0.2) is 68.8 Å². The van der Waals surface area contributed by atoms with Crippen molar-refractivity contribution in [2.24, 2.45) is 0 Å². The Morgan fingerprint density at radius 3 is 2.81 bits per heavy atom. The normalized spacial score (nSPS) is 17.4. The Morgan fingerprint density at radius 2 is 2.05 bits per heavy atom. The van der Waals surface area contributed by atoms with Gasteiger partial charge in [0.15, 0.2) is 29.2 Å². The molecule has 12 heteroatoms. The number of amides is 1. The fraction of sp³-hybridized carbons (Fsp3) is 0.400. The molecule has 1 aliphatic heterocycles. The smallest absolute Gasteiger partial charge is 0.408 e. The molecule has 1 atom stereocenters. The molecule has 5 rings (SSSR count). The highest BCUT2D eigenvalue weighted by Gasteiger charge is 2.21. The van der Waals surface area contributed by atoms with E-state index < -0.39 is 17.7 Å². The number of allylic oxidation sites excluding steroid dienone is 1. The Bertz CT molecular complexity index is 1460. The van der Waals surface area contributed by atoms with Crippen LogP contribution in [0.15, 0.2) is 54.0 Å². The Hall–Kier alpha value is -3.95. The van der Waals surface area contributed by atoms with Gasteiger partial charge in [0.05, 0.1) is 17.4 Å². The quantitative estimate of drug-likeness (QED) is 0.291. The third-order valence-corrected chi connectivity index (χ3v) is 8.16. The minimum atomic E-state index is -0.781. The Kier molecular flexibility index (Phi) is 10.0. The SMILES string of the molecule is CN1CCC(NC(=O)OCC#Cc2cc(F)c(OCc3nnc(S[C@@H]4C=CCCC4)n3-c3cccnc3)cc2F)CC1. The summed E-state index contributed by atoms with van der Waals surface area (Å²) < 4.78 is 42.2. The molecule has 1 aromatic carbocycles. The van der Waals surface area contributed by atoms with Crippen LogP contribution in [0.4, 0.5) is 13.6 Å². The van der Waals surface area contributed by atoms with Crippen molar-refractivity contribution in [1.29, 1.82) is 0 Å². The number of halogens is 2. The van der Waals surface area contributed by atoms with Crippen molar-refractivity contribution in [2.75, 3.05) is 26.7 Å². The molecule has 2 aromatic heterocycles. The average molecular weight is 595 g/mol. The maximum atomic E-state index is 14.9. The molecule has 1 fully saturated rings. The minimum Gasteiger partial charge on any atom is -0.482 e. The largest absolute Gasteiger partial charge is 0.482 e. The molecule has 0 bridgehead atoms. The molecular formula is C30H32F2N6O3S. The highest BCUT2D eigenvalue weighted by Crippen LogP contribution is 2.31. The summed E-state index contributed by atoms with van der Waals surface area (Å²) in [5.41, 5.74) is 0.569. The second kappa shape index (κ2) is 14.3. The molecule has 220 valence electrons. The van der Waals surface area contributed by atoms with Crippen LogP contribution in [-0.2, 0) is 11.3 Å². The Morgan fingerprint density at radius 1 is 1.19 bits per heavy atom. The number of thioether (sulfide) groups is 1. The number of hydrogen-bond donors (Lipinski definition) is 1. The molecule has 3 heterocycles. The van der Waals surface area contributed by atoms with E-state index in [0.29, 0.717) is 11.0 Å². The number of likely N-dealkylation sites (tertiary alicyclic amines) is 1. The fourth-order valence-electron chi connectivity index (χ4n) is 4.70. The maximum Gasteiger partial charge on any atom is 0.408 e. The highest BCUT2D eigenvalue weighted by atomic mass is 32.2. The minimum absolute atomic E-state index is 0.0540. The number of nitrogens with zero attached hydrogens (tertiary/aromatic N) is 5. The van der Waals surface area contributed by atoms with Gasteiger partial charge in [-0.1, -0.05) is 35.8 Å². The first-order valence-electron chi connectivity index (χ1n) is 13.9. The number of rotatable bonds is 8. The first-order valence-corrected chi connectivity index (χ1v) is 14.7. The van der Waals surface area contributed by atoms with E-state index in [4.69, 9.17) is 9.47 Å². The summed E-state index contributed by atoms with van der Waals surface area (Å²) in [6.07, 6.45) is 12.0. The third kappa shape index (κ3) is 7.86. The van der Waals surface area contributed by atoms with Crippen LogP contribution in [0.25, 0.3) is 5.69 Å². The molecule has 42 heavy (non-hydrogen) atoms. The number of carbonyl (C=O) groups excluding carboxylic acids is 1. The van der Waals surface area contributed by atoms with Gasteiger partial charge in [-0.15, -0.1) is 10.2 Å². The molecule has 2 aliphatic rings. The van der Waals surface area contributed by atoms with Gasteiger partial charge in [-0.25, -0.2) is 13.6 Å². The van der Waals surface area contributed by atoms with Crippen molar-refractivity contribution >= 4 is 17.9 Å². The van der Waals surface area contributed by atoms with E-state index in [9.17, 15) is 13.6 Å². The van der Waals surface area contributed by atoms with E-state index in [1.807, 2.05) is 17.7 Å². The topological polar surface area (TPSA) is 94.4 Å². The Balaban J connectivity index is 1.21. The molecule has 1 saturated heterocycles. The second-order valence-corrected chi connectivity index (χ2v) is 11.3. The summed E-state index contributed by atoms with van der Waals surface area (Å²) in [6, 6.07) is 5.63. The third-order valence-electron chi connectivity index (χ3n) is 6.99. The lowest BCUT2D eigenvalue weighted by Gasteiger charge is -2.28. The number of nitrogens with one attached hydrogen (secondary N) is 1. The van der Waals surface area contributed by atoms with Crippen molar-refractivity contribution in [2.45, 2.75) is 55.2 Å². The van der Waals surface area contributed by atoms with Gasteiger partial charge in [-0.05, 0) is 70.4 Å². The van der Waals surface area contributed by atoms with Crippen molar-refractivity contribution < 1.29 is 23.0 Å². The zero-order valence-corrected chi connectivity index (χ0v) is 24.1. The van der Waals surface area contributed by atoms with Gasteiger partial charge in [-0.2, -0.15) is 0 Å². The van der Waals surface area contributed by atoms with Gasteiger partial charge < -0.3 is 19.7 Å². The maximum absolute atomic E-state index is 14.9. The van der Waals surface area contributed by atoms with Crippen LogP contribution in [0, 0.1) is 23.5 Å². The molecule has 0 radical (unpaired) electrons. The molecule has 1 N–H and O–H groups in total. The number of alkyl carbamates (subject to hydrolysis) is 1. The van der Waals surface area contributed by atoms with Crippen LogP contribution in [0.3, 0.4) is 0 Å². The van der Waals surface area contributed by atoms with E-state index in [0.717, 1.165) is 63.0 Å². The van der Waals surface area contributed by atoms with E-state index in [1.54, 1.807) is 30.2 Å². The number of hydrogen-bond acceptors (Lipinski definition) is 8. The summed E-state index contributed by atoms with van der Waals surface area (Å²) in [6.45, 7) is 1.40. The fourth-order valence-corrected chi connectivity index (χ4v) is 5.85. The standard InChI is InChI=1S/C30H32F2N6O3S/c1-37-14-11-22(12-15-37)34-30(39)40-16-6-7-21-17-26(32)27(18-25(21)31)41-20-28-35-36-29(42-24-9-3-2-4-10-24)38(28)23-8-5-13-33-19-23/h3,5,8-9,13,17-19,22,24H,2,4,10-12,14-16,20H2,1H3,(H,34,39)/t24-/m1/s1. The van der Waals surface area contributed by atoms with Crippen LogP contribution >= 0.6 is 11.8 Å². The molecule has 0 saturated carbocycles. The van der Waals surface area contributed by atoms with Crippen LogP contribution in [0.2, 0.25) is 0 Å². The average Bonchev–Trinajstić information content (AvgIpc) is 3.40. The summed E-state index contributed by atoms with van der Waals surface area (Å²) in [7, 11) is 2.03. The van der Waals surface area contributed by atoms with Gasteiger partial charge >= 0.3 is 6.09 Å². The summed E-state index contributed by atoms with van der Waals surface area (Å²) in [4.78, 5) is 18.4. The molecule has 0 spiro atoms. The van der Waals surface area contributed by atoms with Crippen LogP contribution in [0.1, 0.15) is 43.5 Å². The zero-order chi connectivity index (χ0) is 29.3. The predicted octanol–water partition coefficient (Wildman–Crippen LogP) is 4.89. The number of carbonyl (C=O) groups is 1. The van der Waals surface area contributed by atoms with E-state index >= 15 is 0 Å². The zero-order valence-electron chi connectivity index (χ0n) is 23.3. The second-order valence-electron chi connectivity index (χ2n) is 10.1. The first-order chi connectivity index (χ1) is 20.5. The van der Waals surface area contributed by atoms with Crippen molar-refractivity contribution in [3.8, 4) is 23.3 Å². The van der Waals surface area contributed by atoms with E-state index in [1.165, 1.54) is 0 Å². The molecular weight excluding hydrogens is 562 g/mol. The number of benzene rings is 1. The number of ether oxygens (including phenoxy) is 2. The summed E-state index contributed by atoms with van der Waals surface area (Å²) in [5, 5.41) is 12.4. The monoisotopic (exact) mass is 594 g/mol. The van der Waals surface area contributed by atoms with Crippen molar-refractivity contribution in [3.63, 3.8) is 0 Å². The molecule has 9 nitrogen and oxygen atoms in total. The predicted molar refractivity (Wildman–Crippen MR) is 154 cm³/mol. The number of aromatic nitrogens is 4. The van der Waals surface area contributed by atoms with Gasteiger partial charge in [0.1, 0.15) is 12.4 Å². The molecule has 1 amide bonds. The van der Waals surface area contributed by atoms with Crippen LogP contribution < -0.4 is 10.1 Å². The van der Waals surface area contributed by atoms with Crippen molar-refractivity contribution in [3.05, 3.63) is 71.8 Å². The highest BCUT2D eigenvalue weighted by molar-refractivity contribution is 7.99. The van der Waals surface area contributed by atoms with Crippen molar-refractivity contribution in [1.82, 2.24) is 30.0 Å². The van der Waals surface area contributed by atoms with Crippen LogP contribution in [0.5, 0.6) is 5.75 Å². The number of piperidine rings is 1. The summed E-state index contributed by atoms with van der Waals surface area (Å²) >= 11 is 1.59. The lowest BCUT2D eigenvalue weighted by molar-refractivity contribution is 0.147. The lowest BCUT2D eigenvalue weighted by atomic mass is 10.1. The van der Waals surface area contributed by atoms with Gasteiger partial charge in [0.25, 0.3) is 0 Å². The number of pyridine rings is 1. The molecule has 1 aliphatic carbocycles. The Labute approximate surface area is 247 Å². The summed E-state index contributed by atoms with van der Waals surface area (Å²) in [5.74, 6) is 3.68. The lowest BCUT2D eigenvalue weighted by Crippen LogP contribution is -2.43. The van der Waals surface area contributed by atoms with Gasteiger partial charge in [-0.3, -0.25) is 9.55 Å².